The number of hydrogen-bond acceptors (Lipinski definition) is 3. The predicted molar refractivity (Wildman–Crippen MR) is 62.5 cm³/mol. The van der Waals surface area contributed by atoms with Crippen molar-refractivity contribution in [1.82, 2.24) is 0 Å². The van der Waals surface area contributed by atoms with Gasteiger partial charge >= 0.3 is 0 Å². The lowest BCUT2D eigenvalue weighted by Gasteiger charge is -2.08. The number of nitrogens with two attached hydrogens (primary N) is 1. The molecule has 0 heterocycles. The summed E-state index contributed by atoms with van der Waals surface area (Å²) in [5.41, 5.74) is 5.70. The Hall–Kier alpha value is -1.33. The molecule has 0 radical (unpaired) electrons. The van der Waals surface area contributed by atoms with E-state index in [4.69, 9.17) is 10.5 Å². The average Bonchev–Trinajstić information content (AvgIpc) is 2.18. The molecule has 0 spiro atoms. The summed E-state index contributed by atoms with van der Waals surface area (Å²) in [5.74, 6) is -0.756. The summed E-state index contributed by atoms with van der Waals surface area (Å²) in [4.78, 5) is 11.2. The number of anilines is 1. The molecule has 1 aromatic rings. The Balaban J connectivity index is 0.00000225. The molecule has 90 valence electrons. The first-order chi connectivity index (χ1) is 7.04. The molecule has 0 unspecified atom stereocenters. The largest absolute Gasteiger partial charge is 0.494 e. The van der Waals surface area contributed by atoms with E-state index in [1.165, 1.54) is 19.2 Å². The molecule has 0 aromatic heterocycles. The van der Waals surface area contributed by atoms with Gasteiger partial charge in [-0.1, -0.05) is 0 Å². The van der Waals surface area contributed by atoms with Gasteiger partial charge in [-0.25, -0.2) is 4.39 Å². The highest BCUT2D eigenvalue weighted by molar-refractivity contribution is 5.94. The van der Waals surface area contributed by atoms with Crippen molar-refractivity contribution >= 4 is 24.0 Å². The maximum atomic E-state index is 13.2. The molecule has 0 aliphatic carbocycles. The minimum absolute atomic E-state index is 0. The molecule has 4 nitrogen and oxygen atoms in total. The third-order valence-electron chi connectivity index (χ3n) is 1.83. The monoisotopic (exact) mass is 248 g/mol. The van der Waals surface area contributed by atoms with Crippen LogP contribution in [0.2, 0.25) is 0 Å². The SMILES string of the molecule is COc1ccc(NC(=O)[C@@H](C)N)cc1F.Cl. The molecule has 0 saturated heterocycles. The number of carbonyl (C=O) groups is 1. The lowest BCUT2D eigenvalue weighted by atomic mass is 10.2. The van der Waals surface area contributed by atoms with E-state index < -0.39 is 11.9 Å². The highest BCUT2D eigenvalue weighted by atomic mass is 35.5. The van der Waals surface area contributed by atoms with E-state index >= 15 is 0 Å². The first-order valence-electron chi connectivity index (χ1n) is 4.44. The Labute approximate surface area is 99.4 Å². The molecule has 1 rings (SSSR count). The summed E-state index contributed by atoms with van der Waals surface area (Å²) in [6.45, 7) is 1.55. The number of benzene rings is 1. The molecular weight excluding hydrogens is 235 g/mol. The summed E-state index contributed by atoms with van der Waals surface area (Å²) in [6.07, 6.45) is 0. The van der Waals surface area contributed by atoms with Crippen molar-refractivity contribution in [2.45, 2.75) is 13.0 Å². The summed E-state index contributed by atoms with van der Waals surface area (Å²) in [5, 5.41) is 2.47. The lowest BCUT2D eigenvalue weighted by Crippen LogP contribution is -2.32. The van der Waals surface area contributed by atoms with Gasteiger partial charge in [-0.3, -0.25) is 4.79 Å². The standard InChI is InChI=1S/C10H13FN2O2.ClH/c1-6(12)10(14)13-7-3-4-9(15-2)8(11)5-7;/h3-6H,12H2,1-2H3,(H,13,14);1H/t6-;/m1./s1. The molecular formula is C10H14ClFN2O2. The molecule has 0 aliphatic heterocycles. The number of halogens is 2. The van der Waals surface area contributed by atoms with E-state index in [0.717, 1.165) is 0 Å². The van der Waals surface area contributed by atoms with Crippen LogP contribution in [0.4, 0.5) is 10.1 Å². The van der Waals surface area contributed by atoms with Crippen LogP contribution < -0.4 is 15.8 Å². The van der Waals surface area contributed by atoms with Crippen molar-refractivity contribution in [3.05, 3.63) is 24.0 Å². The summed E-state index contributed by atoms with van der Waals surface area (Å²) >= 11 is 0. The summed E-state index contributed by atoms with van der Waals surface area (Å²) in [7, 11) is 1.37. The van der Waals surface area contributed by atoms with E-state index in [0.29, 0.717) is 5.69 Å². The van der Waals surface area contributed by atoms with Gasteiger partial charge < -0.3 is 15.8 Å². The second-order valence-corrected chi connectivity index (χ2v) is 3.13. The minimum atomic E-state index is -0.629. The normalized spacial score (nSPS) is 11.2. The number of methoxy groups -OCH3 is 1. The van der Waals surface area contributed by atoms with Gasteiger partial charge in [0.25, 0.3) is 0 Å². The fourth-order valence-corrected chi connectivity index (χ4v) is 1.00. The Bertz CT molecular complexity index is 372. The molecule has 1 amide bonds. The van der Waals surface area contributed by atoms with Gasteiger partial charge in [0, 0.05) is 11.8 Å². The van der Waals surface area contributed by atoms with Crippen LogP contribution in [-0.2, 0) is 4.79 Å². The fourth-order valence-electron chi connectivity index (χ4n) is 1.00. The van der Waals surface area contributed by atoms with Crippen LogP contribution in [-0.4, -0.2) is 19.1 Å². The van der Waals surface area contributed by atoms with Gasteiger partial charge in [0.15, 0.2) is 11.6 Å². The van der Waals surface area contributed by atoms with Gasteiger partial charge in [-0.05, 0) is 19.1 Å². The third kappa shape index (κ3) is 3.67. The van der Waals surface area contributed by atoms with Crippen LogP contribution in [0.3, 0.4) is 0 Å². The van der Waals surface area contributed by atoms with Crippen LogP contribution in [0.25, 0.3) is 0 Å². The van der Waals surface area contributed by atoms with Crippen LogP contribution in [0.15, 0.2) is 18.2 Å². The second kappa shape index (κ2) is 6.30. The Morgan fingerprint density at radius 2 is 2.19 bits per heavy atom. The van der Waals surface area contributed by atoms with Crippen LogP contribution in [0.5, 0.6) is 5.75 Å². The maximum absolute atomic E-state index is 13.2. The van der Waals surface area contributed by atoms with Crippen LogP contribution in [0.1, 0.15) is 6.92 Å². The van der Waals surface area contributed by atoms with E-state index in [1.54, 1.807) is 13.0 Å². The number of rotatable bonds is 3. The van der Waals surface area contributed by atoms with Crippen molar-refractivity contribution in [1.29, 1.82) is 0 Å². The zero-order chi connectivity index (χ0) is 11.4. The minimum Gasteiger partial charge on any atom is -0.494 e. The van der Waals surface area contributed by atoms with Crippen molar-refractivity contribution in [2.75, 3.05) is 12.4 Å². The Kier molecular flexibility index (Phi) is 5.77. The zero-order valence-corrected chi connectivity index (χ0v) is 9.81. The molecule has 0 saturated carbocycles. The van der Waals surface area contributed by atoms with Crippen molar-refractivity contribution in [3.8, 4) is 5.75 Å². The van der Waals surface area contributed by atoms with Gasteiger partial charge in [-0.2, -0.15) is 0 Å². The predicted octanol–water partition coefficient (Wildman–Crippen LogP) is 1.54. The maximum Gasteiger partial charge on any atom is 0.241 e. The second-order valence-electron chi connectivity index (χ2n) is 3.13. The molecule has 0 aliphatic rings. The molecule has 0 bridgehead atoms. The smallest absolute Gasteiger partial charge is 0.241 e. The molecule has 16 heavy (non-hydrogen) atoms. The third-order valence-corrected chi connectivity index (χ3v) is 1.83. The van der Waals surface area contributed by atoms with E-state index in [2.05, 4.69) is 5.32 Å². The van der Waals surface area contributed by atoms with E-state index in [-0.39, 0.29) is 24.1 Å². The highest BCUT2D eigenvalue weighted by Gasteiger charge is 2.09. The average molecular weight is 249 g/mol. The van der Waals surface area contributed by atoms with Crippen LogP contribution in [0, 0.1) is 5.82 Å². The Morgan fingerprint density at radius 3 is 2.62 bits per heavy atom. The van der Waals surface area contributed by atoms with Crippen LogP contribution >= 0.6 is 12.4 Å². The van der Waals surface area contributed by atoms with Gasteiger partial charge in [0.1, 0.15) is 0 Å². The molecule has 1 aromatic carbocycles. The number of nitrogens with one attached hydrogen (secondary N) is 1. The fraction of sp³-hybridized carbons (Fsp3) is 0.300. The molecule has 1 atom stereocenters. The topological polar surface area (TPSA) is 64.3 Å². The van der Waals surface area contributed by atoms with E-state index in [1.807, 2.05) is 0 Å². The van der Waals surface area contributed by atoms with E-state index in [9.17, 15) is 9.18 Å². The van der Waals surface area contributed by atoms with Crippen molar-refractivity contribution < 1.29 is 13.9 Å². The van der Waals surface area contributed by atoms with Crippen molar-refractivity contribution in [3.63, 3.8) is 0 Å². The number of hydrogen-bond donors (Lipinski definition) is 2. The molecule has 3 N–H and O–H groups in total. The summed E-state index contributed by atoms with van der Waals surface area (Å²) < 4.78 is 17.9. The van der Waals surface area contributed by atoms with Gasteiger partial charge in [-0.15, -0.1) is 12.4 Å². The van der Waals surface area contributed by atoms with Gasteiger partial charge in [0.05, 0.1) is 13.2 Å². The first-order valence-corrected chi connectivity index (χ1v) is 4.44. The lowest BCUT2D eigenvalue weighted by molar-refractivity contribution is -0.117. The quantitative estimate of drug-likeness (QED) is 0.853. The highest BCUT2D eigenvalue weighted by Crippen LogP contribution is 2.20. The van der Waals surface area contributed by atoms with Crippen molar-refractivity contribution in [2.24, 2.45) is 5.73 Å². The zero-order valence-electron chi connectivity index (χ0n) is 8.99. The number of carbonyl (C=O) groups excluding carboxylic acids is 1. The molecule has 0 fully saturated rings. The van der Waals surface area contributed by atoms with Gasteiger partial charge in [0.2, 0.25) is 5.91 Å². The first kappa shape index (κ1) is 14.7. The summed E-state index contributed by atoms with van der Waals surface area (Å²) in [6, 6.07) is 3.53. The number of ether oxygens (including phenoxy) is 1. The molecule has 6 heteroatoms. The Morgan fingerprint density at radius 1 is 1.56 bits per heavy atom. The number of amides is 1.